The molecule has 0 fully saturated rings. The molecule has 1 aliphatic rings. The third-order valence-electron chi connectivity index (χ3n) is 1.54. The van der Waals surface area contributed by atoms with Crippen LogP contribution in [-0.2, 0) is 9.53 Å². The zero-order valence-corrected chi connectivity index (χ0v) is 6.49. The van der Waals surface area contributed by atoms with Gasteiger partial charge in [0.1, 0.15) is 6.10 Å². The molecular weight excluding hydrogens is 144 g/mol. The van der Waals surface area contributed by atoms with Crippen LogP contribution in [0.1, 0.15) is 19.8 Å². The summed E-state index contributed by atoms with van der Waals surface area (Å²) >= 11 is 0. The molecule has 0 aromatic carbocycles. The summed E-state index contributed by atoms with van der Waals surface area (Å²) in [7, 11) is 0. The molecule has 62 valence electrons. The molecule has 0 spiro atoms. The molecular formula is C8H12O3. The van der Waals surface area contributed by atoms with E-state index < -0.39 is 6.10 Å². The lowest BCUT2D eigenvalue weighted by atomic mass is 10.1. The van der Waals surface area contributed by atoms with E-state index in [0.29, 0.717) is 6.42 Å². The van der Waals surface area contributed by atoms with Gasteiger partial charge in [-0.3, -0.25) is 0 Å². The maximum atomic E-state index is 10.7. The van der Waals surface area contributed by atoms with Gasteiger partial charge in [-0.25, -0.2) is 4.79 Å². The fourth-order valence-electron chi connectivity index (χ4n) is 1.09. The van der Waals surface area contributed by atoms with E-state index in [1.807, 2.05) is 0 Å². The Morgan fingerprint density at radius 3 is 3.18 bits per heavy atom. The monoisotopic (exact) mass is 156 g/mol. The Hall–Kier alpha value is -0.830. The van der Waals surface area contributed by atoms with Crippen LogP contribution in [0, 0.1) is 0 Å². The Labute approximate surface area is 65.7 Å². The van der Waals surface area contributed by atoms with Gasteiger partial charge in [-0.2, -0.15) is 0 Å². The van der Waals surface area contributed by atoms with Crippen molar-refractivity contribution in [2.75, 3.05) is 0 Å². The van der Waals surface area contributed by atoms with Crippen molar-refractivity contribution in [1.82, 2.24) is 0 Å². The average molecular weight is 156 g/mol. The smallest absolute Gasteiger partial charge is 0.330 e. The lowest BCUT2D eigenvalue weighted by molar-refractivity contribution is -0.145. The SMILES string of the molecule is C[C@@H](O)C[C@@H]1CC=CC(=O)O1. The van der Waals surface area contributed by atoms with Gasteiger partial charge >= 0.3 is 5.97 Å². The second kappa shape index (κ2) is 3.53. The van der Waals surface area contributed by atoms with Crippen LogP contribution in [0.15, 0.2) is 12.2 Å². The molecule has 3 nitrogen and oxygen atoms in total. The van der Waals surface area contributed by atoms with E-state index in [2.05, 4.69) is 0 Å². The first-order chi connectivity index (χ1) is 5.18. The molecule has 0 aliphatic carbocycles. The van der Waals surface area contributed by atoms with Gasteiger partial charge in [0.25, 0.3) is 0 Å². The van der Waals surface area contributed by atoms with Crippen LogP contribution in [0.3, 0.4) is 0 Å². The minimum atomic E-state index is -0.403. The second-order valence-electron chi connectivity index (χ2n) is 2.78. The quantitative estimate of drug-likeness (QED) is 0.596. The van der Waals surface area contributed by atoms with E-state index in [1.165, 1.54) is 6.08 Å². The van der Waals surface area contributed by atoms with E-state index in [0.717, 1.165) is 6.42 Å². The molecule has 0 bridgehead atoms. The number of esters is 1. The molecule has 0 saturated heterocycles. The fraction of sp³-hybridized carbons (Fsp3) is 0.625. The van der Waals surface area contributed by atoms with E-state index in [-0.39, 0.29) is 12.1 Å². The van der Waals surface area contributed by atoms with Crippen LogP contribution in [0.25, 0.3) is 0 Å². The molecule has 0 unspecified atom stereocenters. The van der Waals surface area contributed by atoms with Crippen molar-refractivity contribution in [3.05, 3.63) is 12.2 Å². The predicted molar refractivity (Wildman–Crippen MR) is 39.9 cm³/mol. The van der Waals surface area contributed by atoms with E-state index >= 15 is 0 Å². The number of aliphatic hydroxyl groups excluding tert-OH is 1. The van der Waals surface area contributed by atoms with Gasteiger partial charge in [0.15, 0.2) is 0 Å². The number of hydrogen-bond acceptors (Lipinski definition) is 3. The van der Waals surface area contributed by atoms with Gasteiger partial charge in [-0.15, -0.1) is 0 Å². The highest BCUT2D eigenvalue weighted by molar-refractivity contribution is 5.82. The highest BCUT2D eigenvalue weighted by Crippen LogP contribution is 2.12. The molecule has 1 aliphatic heterocycles. The van der Waals surface area contributed by atoms with Crippen LogP contribution in [0.4, 0.5) is 0 Å². The highest BCUT2D eigenvalue weighted by atomic mass is 16.5. The topological polar surface area (TPSA) is 46.5 Å². The number of ether oxygens (including phenoxy) is 1. The first-order valence-corrected chi connectivity index (χ1v) is 3.73. The van der Waals surface area contributed by atoms with Gasteiger partial charge in [0, 0.05) is 18.9 Å². The lowest BCUT2D eigenvalue weighted by Gasteiger charge is -2.19. The van der Waals surface area contributed by atoms with Crippen molar-refractivity contribution in [1.29, 1.82) is 0 Å². The first kappa shape index (κ1) is 8.27. The zero-order chi connectivity index (χ0) is 8.27. The summed E-state index contributed by atoms with van der Waals surface area (Å²) in [4.78, 5) is 10.7. The van der Waals surface area contributed by atoms with Crippen LogP contribution < -0.4 is 0 Å². The number of carbonyl (C=O) groups excluding carboxylic acids is 1. The average Bonchev–Trinajstić information content (AvgIpc) is 1.85. The molecule has 1 N–H and O–H groups in total. The van der Waals surface area contributed by atoms with Crippen molar-refractivity contribution in [2.45, 2.75) is 32.0 Å². The predicted octanol–water partition coefficient (Wildman–Crippen LogP) is 0.629. The van der Waals surface area contributed by atoms with Gasteiger partial charge in [-0.1, -0.05) is 6.08 Å². The first-order valence-electron chi connectivity index (χ1n) is 3.73. The number of carbonyl (C=O) groups is 1. The van der Waals surface area contributed by atoms with E-state index in [1.54, 1.807) is 13.0 Å². The minimum absolute atomic E-state index is 0.132. The molecule has 0 amide bonds. The largest absolute Gasteiger partial charge is 0.459 e. The molecule has 0 saturated carbocycles. The lowest BCUT2D eigenvalue weighted by Crippen LogP contribution is -2.23. The third-order valence-corrected chi connectivity index (χ3v) is 1.54. The Kier molecular flexibility index (Phi) is 2.65. The number of aliphatic hydroxyl groups is 1. The molecule has 2 atom stereocenters. The minimum Gasteiger partial charge on any atom is -0.459 e. The van der Waals surface area contributed by atoms with Crippen LogP contribution in [0.2, 0.25) is 0 Å². The number of hydrogen-bond donors (Lipinski definition) is 1. The number of cyclic esters (lactones) is 1. The second-order valence-corrected chi connectivity index (χ2v) is 2.78. The van der Waals surface area contributed by atoms with Crippen molar-refractivity contribution in [3.63, 3.8) is 0 Å². The van der Waals surface area contributed by atoms with Gasteiger partial charge in [-0.05, 0) is 6.92 Å². The van der Waals surface area contributed by atoms with E-state index in [4.69, 9.17) is 9.84 Å². The maximum Gasteiger partial charge on any atom is 0.330 e. The Morgan fingerprint density at radius 1 is 1.91 bits per heavy atom. The fourth-order valence-corrected chi connectivity index (χ4v) is 1.09. The summed E-state index contributed by atoms with van der Waals surface area (Å²) in [6, 6.07) is 0. The normalized spacial score (nSPS) is 26.4. The van der Waals surface area contributed by atoms with Crippen LogP contribution >= 0.6 is 0 Å². The third kappa shape index (κ3) is 2.72. The van der Waals surface area contributed by atoms with Crippen molar-refractivity contribution in [3.8, 4) is 0 Å². The molecule has 1 rings (SSSR count). The molecule has 11 heavy (non-hydrogen) atoms. The molecule has 0 radical (unpaired) electrons. The summed E-state index contributed by atoms with van der Waals surface area (Å²) in [5.41, 5.74) is 0. The van der Waals surface area contributed by atoms with Gasteiger partial charge in [0.2, 0.25) is 0 Å². The summed E-state index contributed by atoms with van der Waals surface area (Å²) in [5.74, 6) is -0.304. The van der Waals surface area contributed by atoms with Crippen LogP contribution in [-0.4, -0.2) is 23.3 Å². The Bertz CT molecular complexity index is 172. The standard InChI is InChI=1S/C8H12O3/c1-6(9)5-7-3-2-4-8(10)11-7/h2,4,6-7,9H,3,5H2,1H3/t6-,7+/m1/s1. The zero-order valence-electron chi connectivity index (χ0n) is 6.49. The summed E-state index contributed by atoms with van der Waals surface area (Å²) < 4.78 is 4.91. The van der Waals surface area contributed by atoms with E-state index in [9.17, 15) is 4.79 Å². The summed E-state index contributed by atoms with van der Waals surface area (Å²) in [6.45, 7) is 1.69. The summed E-state index contributed by atoms with van der Waals surface area (Å²) in [6.07, 6.45) is 3.90. The Balaban J connectivity index is 2.37. The van der Waals surface area contributed by atoms with Crippen molar-refractivity contribution in [2.24, 2.45) is 0 Å². The maximum absolute atomic E-state index is 10.7. The molecule has 0 aromatic rings. The summed E-state index contributed by atoms with van der Waals surface area (Å²) in [5, 5.41) is 8.98. The van der Waals surface area contributed by atoms with Gasteiger partial charge in [0.05, 0.1) is 6.10 Å². The van der Waals surface area contributed by atoms with Crippen molar-refractivity contribution < 1.29 is 14.6 Å². The van der Waals surface area contributed by atoms with Gasteiger partial charge < -0.3 is 9.84 Å². The number of rotatable bonds is 2. The molecule has 3 heteroatoms. The van der Waals surface area contributed by atoms with Crippen molar-refractivity contribution >= 4 is 5.97 Å². The molecule has 1 heterocycles. The Morgan fingerprint density at radius 2 is 2.64 bits per heavy atom. The highest BCUT2D eigenvalue weighted by Gasteiger charge is 2.17. The van der Waals surface area contributed by atoms with Crippen LogP contribution in [0.5, 0.6) is 0 Å². The molecule has 0 aromatic heterocycles.